The van der Waals surface area contributed by atoms with Gasteiger partial charge >= 0.3 is 0 Å². The molecule has 1 N–H and O–H groups in total. The monoisotopic (exact) mass is 342 g/mol. The van der Waals surface area contributed by atoms with Crippen LogP contribution in [0.3, 0.4) is 0 Å². The highest BCUT2D eigenvalue weighted by atomic mass is 16.1. The fraction of sp³-hybridized carbons (Fsp3) is 0.667. The number of nitrogens with zero attached hydrogens (tertiary/aromatic N) is 5. The maximum absolute atomic E-state index is 12.3. The van der Waals surface area contributed by atoms with Gasteiger partial charge in [-0.1, -0.05) is 0 Å². The van der Waals surface area contributed by atoms with Gasteiger partial charge in [0.2, 0.25) is 5.91 Å². The van der Waals surface area contributed by atoms with Crippen LogP contribution in [0.2, 0.25) is 0 Å². The molecule has 1 saturated heterocycles. The van der Waals surface area contributed by atoms with Gasteiger partial charge in [-0.25, -0.2) is 9.50 Å². The van der Waals surface area contributed by atoms with Crippen LogP contribution in [0.1, 0.15) is 44.3 Å². The molecule has 7 heteroatoms. The molecule has 2 aliphatic rings. The molecule has 4 rings (SSSR count). The zero-order valence-electron chi connectivity index (χ0n) is 14.8. The summed E-state index contributed by atoms with van der Waals surface area (Å²) in [5.74, 6) is 1.08. The number of amides is 1. The molecule has 2 fully saturated rings. The molecule has 0 aromatic carbocycles. The Morgan fingerprint density at radius 2 is 2.04 bits per heavy atom. The molecule has 7 nitrogen and oxygen atoms in total. The van der Waals surface area contributed by atoms with E-state index in [4.69, 9.17) is 0 Å². The Morgan fingerprint density at radius 1 is 1.28 bits per heavy atom. The van der Waals surface area contributed by atoms with Gasteiger partial charge in [-0.3, -0.25) is 4.79 Å². The second kappa shape index (κ2) is 6.71. The van der Waals surface area contributed by atoms with Crippen LogP contribution in [0.15, 0.2) is 18.5 Å². The molecular formula is C18H26N6O. The van der Waals surface area contributed by atoms with Crippen molar-refractivity contribution in [3.8, 4) is 0 Å². The zero-order chi connectivity index (χ0) is 17.3. The standard InChI is InChI=1S/C18H26N6O/c1-23-11-7-18(8-12-23)5-3-14(4-6-18)20-16(25)13-15-21-17-19-9-2-10-24(17)22-15/h2,9-10,14H,3-8,11-13H2,1H3,(H,20,25). The molecule has 0 bridgehead atoms. The molecule has 2 aromatic heterocycles. The van der Waals surface area contributed by atoms with E-state index in [1.54, 1.807) is 23.0 Å². The smallest absolute Gasteiger partial charge is 0.252 e. The molecule has 1 aliphatic heterocycles. The summed E-state index contributed by atoms with van der Waals surface area (Å²) in [6.07, 6.45) is 11.0. The summed E-state index contributed by atoms with van der Waals surface area (Å²) in [6, 6.07) is 2.10. The summed E-state index contributed by atoms with van der Waals surface area (Å²) in [4.78, 5) is 23.2. The van der Waals surface area contributed by atoms with Crippen LogP contribution in [-0.4, -0.2) is 56.6 Å². The molecular weight excluding hydrogens is 316 g/mol. The summed E-state index contributed by atoms with van der Waals surface area (Å²) < 4.78 is 1.60. The number of nitrogens with one attached hydrogen (secondary N) is 1. The predicted octanol–water partition coefficient (Wildman–Crippen LogP) is 1.44. The molecule has 2 aromatic rings. The summed E-state index contributed by atoms with van der Waals surface area (Å²) in [6.45, 7) is 2.43. The third kappa shape index (κ3) is 3.66. The molecule has 0 unspecified atom stereocenters. The maximum Gasteiger partial charge on any atom is 0.252 e. The van der Waals surface area contributed by atoms with Crippen molar-refractivity contribution in [2.45, 2.75) is 51.0 Å². The van der Waals surface area contributed by atoms with E-state index < -0.39 is 0 Å². The molecule has 0 atom stereocenters. The fourth-order valence-electron chi connectivity index (χ4n) is 4.24. The van der Waals surface area contributed by atoms with Crippen molar-refractivity contribution in [2.24, 2.45) is 5.41 Å². The van der Waals surface area contributed by atoms with Crippen molar-refractivity contribution >= 4 is 11.7 Å². The van der Waals surface area contributed by atoms with Gasteiger partial charge < -0.3 is 10.2 Å². The largest absolute Gasteiger partial charge is 0.353 e. The van der Waals surface area contributed by atoms with Gasteiger partial charge in [0.25, 0.3) is 5.78 Å². The van der Waals surface area contributed by atoms with Gasteiger partial charge in [0.05, 0.1) is 6.42 Å². The van der Waals surface area contributed by atoms with Gasteiger partial charge in [-0.05, 0) is 70.1 Å². The van der Waals surface area contributed by atoms with E-state index in [-0.39, 0.29) is 12.3 Å². The molecule has 1 amide bonds. The quantitative estimate of drug-likeness (QED) is 0.913. The average Bonchev–Trinajstić information content (AvgIpc) is 3.02. The fourth-order valence-corrected chi connectivity index (χ4v) is 4.24. The van der Waals surface area contributed by atoms with Gasteiger partial charge in [0, 0.05) is 18.4 Å². The van der Waals surface area contributed by atoms with Crippen molar-refractivity contribution in [3.63, 3.8) is 0 Å². The highest BCUT2D eigenvalue weighted by Gasteiger charge is 2.37. The molecule has 1 saturated carbocycles. The predicted molar refractivity (Wildman–Crippen MR) is 94.0 cm³/mol. The van der Waals surface area contributed by atoms with Gasteiger partial charge in [-0.2, -0.15) is 4.98 Å². The first-order chi connectivity index (χ1) is 12.1. The minimum absolute atomic E-state index is 0.0141. The summed E-state index contributed by atoms with van der Waals surface area (Å²) in [5.41, 5.74) is 0.530. The average molecular weight is 342 g/mol. The van der Waals surface area contributed by atoms with E-state index in [0.29, 0.717) is 23.1 Å². The third-order valence-corrected chi connectivity index (χ3v) is 5.94. The van der Waals surface area contributed by atoms with Crippen molar-refractivity contribution in [1.29, 1.82) is 0 Å². The van der Waals surface area contributed by atoms with Crippen LogP contribution in [-0.2, 0) is 11.2 Å². The minimum Gasteiger partial charge on any atom is -0.353 e. The van der Waals surface area contributed by atoms with Crippen molar-refractivity contribution in [1.82, 2.24) is 29.8 Å². The SMILES string of the molecule is CN1CCC2(CCC(NC(=O)Cc3nc4ncccn4n3)CC2)CC1. The third-order valence-electron chi connectivity index (χ3n) is 5.94. The highest BCUT2D eigenvalue weighted by molar-refractivity contribution is 5.78. The second-order valence-corrected chi connectivity index (χ2v) is 7.71. The highest BCUT2D eigenvalue weighted by Crippen LogP contribution is 2.44. The first-order valence-electron chi connectivity index (χ1n) is 9.26. The van der Waals surface area contributed by atoms with Crippen LogP contribution in [0.4, 0.5) is 0 Å². The lowest BCUT2D eigenvalue weighted by Crippen LogP contribution is -2.45. The first kappa shape index (κ1) is 16.4. The molecule has 25 heavy (non-hydrogen) atoms. The topological polar surface area (TPSA) is 75.4 Å². The van der Waals surface area contributed by atoms with Crippen molar-refractivity contribution in [3.05, 3.63) is 24.3 Å². The lowest BCUT2D eigenvalue weighted by Gasteiger charge is -2.45. The van der Waals surface area contributed by atoms with Crippen molar-refractivity contribution in [2.75, 3.05) is 20.1 Å². The Kier molecular flexibility index (Phi) is 4.41. The minimum atomic E-state index is 0.0141. The molecule has 134 valence electrons. The Labute approximate surface area is 147 Å². The number of carbonyl (C=O) groups is 1. The molecule has 0 radical (unpaired) electrons. The van der Waals surface area contributed by atoms with E-state index in [2.05, 4.69) is 32.3 Å². The molecule has 1 aliphatic carbocycles. The van der Waals surface area contributed by atoms with E-state index in [0.717, 1.165) is 12.8 Å². The van der Waals surface area contributed by atoms with Crippen LogP contribution in [0.25, 0.3) is 5.78 Å². The summed E-state index contributed by atoms with van der Waals surface area (Å²) in [5, 5.41) is 7.48. The van der Waals surface area contributed by atoms with Crippen LogP contribution in [0, 0.1) is 5.41 Å². The molecule has 3 heterocycles. The number of hydrogen-bond acceptors (Lipinski definition) is 5. The summed E-state index contributed by atoms with van der Waals surface area (Å²) in [7, 11) is 2.21. The number of fused-ring (bicyclic) bond motifs is 1. The number of likely N-dealkylation sites (tertiary alicyclic amines) is 1. The van der Waals surface area contributed by atoms with E-state index in [1.807, 2.05) is 0 Å². The zero-order valence-corrected chi connectivity index (χ0v) is 14.8. The lowest BCUT2D eigenvalue weighted by atomic mass is 9.67. The second-order valence-electron chi connectivity index (χ2n) is 7.71. The number of carbonyl (C=O) groups excluding carboxylic acids is 1. The Bertz CT molecular complexity index is 706. The Balaban J connectivity index is 1.29. The Hall–Kier alpha value is -2.02. The lowest BCUT2D eigenvalue weighted by molar-refractivity contribution is -0.121. The van der Waals surface area contributed by atoms with Gasteiger partial charge in [0.15, 0.2) is 5.82 Å². The molecule has 1 spiro atoms. The van der Waals surface area contributed by atoms with Gasteiger partial charge in [-0.15, -0.1) is 5.10 Å². The normalized spacial score (nSPS) is 21.6. The van der Waals surface area contributed by atoms with Crippen LogP contribution in [0.5, 0.6) is 0 Å². The number of piperidine rings is 1. The van der Waals surface area contributed by atoms with Gasteiger partial charge in [0.1, 0.15) is 0 Å². The number of aromatic nitrogens is 4. The maximum atomic E-state index is 12.3. The summed E-state index contributed by atoms with van der Waals surface area (Å²) >= 11 is 0. The number of rotatable bonds is 3. The van der Waals surface area contributed by atoms with E-state index in [1.165, 1.54) is 38.8 Å². The number of hydrogen-bond donors (Lipinski definition) is 1. The van der Waals surface area contributed by atoms with Crippen molar-refractivity contribution < 1.29 is 4.79 Å². The Morgan fingerprint density at radius 3 is 2.76 bits per heavy atom. The first-order valence-corrected chi connectivity index (χ1v) is 9.26. The van der Waals surface area contributed by atoms with E-state index in [9.17, 15) is 4.79 Å². The van der Waals surface area contributed by atoms with Crippen LogP contribution < -0.4 is 5.32 Å². The van der Waals surface area contributed by atoms with Crippen LogP contribution >= 0.6 is 0 Å². The van der Waals surface area contributed by atoms with E-state index >= 15 is 0 Å².